The van der Waals surface area contributed by atoms with E-state index in [1.54, 1.807) is 0 Å². The maximum absolute atomic E-state index is 11.7. The first-order valence-electron chi connectivity index (χ1n) is 7.05. The van der Waals surface area contributed by atoms with E-state index in [4.69, 9.17) is 10.5 Å². The van der Waals surface area contributed by atoms with Crippen LogP contribution in [0.5, 0.6) is 0 Å². The van der Waals surface area contributed by atoms with E-state index >= 15 is 0 Å². The van der Waals surface area contributed by atoms with Gasteiger partial charge in [-0.25, -0.2) is 0 Å². The van der Waals surface area contributed by atoms with E-state index in [0.29, 0.717) is 0 Å². The van der Waals surface area contributed by atoms with E-state index < -0.39 is 6.04 Å². The Balaban J connectivity index is 1.86. The Morgan fingerprint density at radius 3 is 2.60 bits per heavy atom. The van der Waals surface area contributed by atoms with Crippen molar-refractivity contribution in [3.63, 3.8) is 0 Å². The van der Waals surface area contributed by atoms with Crippen LogP contribution in [0.2, 0.25) is 0 Å². The van der Waals surface area contributed by atoms with Crippen LogP contribution in [0.4, 0.5) is 5.69 Å². The van der Waals surface area contributed by atoms with Gasteiger partial charge in [-0.1, -0.05) is 12.1 Å². The quantitative estimate of drug-likeness (QED) is 0.820. The standard InChI is InChI=1S/C15H23N3O2/c1-20-11-14(16)15(19)17-13-6-4-12(5-7-13)10-18-8-2-3-9-18/h4-7,14H,2-3,8-11,16H2,1H3,(H,17,19). The van der Waals surface area contributed by atoms with Crippen molar-refractivity contribution in [2.75, 3.05) is 32.1 Å². The van der Waals surface area contributed by atoms with Gasteiger partial charge in [0.05, 0.1) is 6.61 Å². The molecule has 1 atom stereocenters. The first-order valence-corrected chi connectivity index (χ1v) is 7.05. The molecular weight excluding hydrogens is 254 g/mol. The van der Waals surface area contributed by atoms with Crippen molar-refractivity contribution in [2.45, 2.75) is 25.4 Å². The van der Waals surface area contributed by atoms with E-state index in [2.05, 4.69) is 22.3 Å². The average molecular weight is 277 g/mol. The summed E-state index contributed by atoms with van der Waals surface area (Å²) >= 11 is 0. The molecule has 110 valence electrons. The molecule has 0 saturated carbocycles. The van der Waals surface area contributed by atoms with Crippen molar-refractivity contribution in [3.8, 4) is 0 Å². The van der Waals surface area contributed by atoms with Crippen LogP contribution in [0.1, 0.15) is 18.4 Å². The molecule has 20 heavy (non-hydrogen) atoms. The van der Waals surface area contributed by atoms with Crippen LogP contribution in [0.3, 0.4) is 0 Å². The third kappa shape index (κ3) is 4.30. The average Bonchev–Trinajstić information content (AvgIpc) is 2.94. The highest BCUT2D eigenvalue weighted by atomic mass is 16.5. The second-order valence-electron chi connectivity index (χ2n) is 5.23. The predicted octanol–water partition coefficient (Wildman–Crippen LogP) is 1.19. The topological polar surface area (TPSA) is 67.6 Å². The molecule has 1 amide bonds. The lowest BCUT2D eigenvalue weighted by atomic mass is 10.2. The summed E-state index contributed by atoms with van der Waals surface area (Å²) in [4.78, 5) is 14.2. The van der Waals surface area contributed by atoms with E-state index in [1.807, 2.05) is 12.1 Å². The van der Waals surface area contributed by atoms with Gasteiger partial charge in [-0.3, -0.25) is 9.69 Å². The first-order chi connectivity index (χ1) is 9.69. The Hall–Kier alpha value is -1.43. The number of rotatable bonds is 6. The summed E-state index contributed by atoms with van der Waals surface area (Å²) in [5.74, 6) is -0.223. The lowest BCUT2D eigenvalue weighted by Gasteiger charge is -2.15. The molecule has 0 spiro atoms. The molecule has 2 rings (SSSR count). The molecule has 5 nitrogen and oxygen atoms in total. The normalized spacial score (nSPS) is 17.1. The third-order valence-corrected chi connectivity index (χ3v) is 3.51. The second-order valence-corrected chi connectivity index (χ2v) is 5.23. The van der Waals surface area contributed by atoms with Crippen LogP contribution in [0.25, 0.3) is 0 Å². The number of benzene rings is 1. The molecule has 1 aromatic rings. The minimum Gasteiger partial charge on any atom is -0.383 e. The van der Waals surface area contributed by atoms with Gasteiger partial charge < -0.3 is 15.8 Å². The zero-order valence-corrected chi connectivity index (χ0v) is 12.0. The highest BCUT2D eigenvalue weighted by molar-refractivity contribution is 5.94. The van der Waals surface area contributed by atoms with Gasteiger partial charge in [-0.15, -0.1) is 0 Å². The minimum atomic E-state index is -0.635. The molecule has 1 fully saturated rings. The van der Waals surface area contributed by atoms with Crippen LogP contribution in [0, 0.1) is 0 Å². The Kier molecular flexibility index (Phi) is 5.52. The summed E-state index contributed by atoms with van der Waals surface area (Å²) in [7, 11) is 1.53. The number of nitrogens with zero attached hydrogens (tertiary/aromatic N) is 1. The van der Waals surface area contributed by atoms with Crippen LogP contribution in [0.15, 0.2) is 24.3 Å². The molecule has 3 N–H and O–H groups in total. The molecular formula is C15H23N3O2. The summed E-state index contributed by atoms with van der Waals surface area (Å²) in [5.41, 5.74) is 7.71. The number of amides is 1. The van der Waals surface area contributed by atoms with Gasteiger partial charge in [0.1, 0.15) is 6.04 Å². The van der Waals surface area contributed by atoms with Gasteiger partial charge in [-0.05, 0) is 43.6 Å². The van der Waals surface area contributed by atoms with Crippen LogP contribution >= 0.6 is 0 Å². The summed E-state index contributed by atoms with van der Waals surface area (Å²) in [6.07, 6.45) is 2.59. The predicted molar refractivity (Wildman–Crippen MR) is 79.4 cm³/mol. The smallest absolute Gasteiger partial charge is 0.243 e. The summed E-state index contributed by atoms with van der Waals surface area (Å²) in [6, 6.07) is 7.31. The fourth-order valence-electron chi connectivity index (χ4n) is 2.38. The summed E-state index contributed by atoms with van der Waals surface area (Å²) in [5, 5.41) is 2.79. The molecule has 1 aromatic carbocycles. The lowest BCUT2D eigenvalue weighted by Crippen LogP contribution is -2.39. The lowest BCUT2D eigenvalue weighted by molar-refractivity contribution is -0.118. The molecule has 0 aliphatic carbocycles. The maximum Gasteiger partial charge on any atom is 0.243 e. The number of likely N-dealkylation sites (tertiary alicyclic amines) is 1. The van der Waals surface area contributed by atoms with Crippen molar-refractivity contribution in [1.29, 1.82) is 0 Å². The highest BCUT2D eigenvalue weighted by Crippen LogP contribution is 2.15. The molecule has 0 radical (unpaired) electrons. The summed E-state index contributed by atoms with van der Waals surface area (Å²) in [6.45, 7) is 3.57. The number of carbonyl (C=O) groups excluding carboxylic acids is 1. The number of hydrogen-bond acceptors (Lipinski definition) is 4. The molecule has 0 bridgehead atoms. The first kappa shape index (κ1) is 15.0. The van der Waals surface area contributed by atoms with E-state index in [0.717, 1.165) is 12.2 Å². The number of nitrogens with one attached hydrogen (secondary N) is 1. The fraction of sp³-hybridized carbons (Fsp3) is 0.533. The van der Waals surface area contributed by atoms with Gasteiger partial charge in [0.2, 0.25) is 5.91 Å². The molecule has 1 unspecified atom stereocenters. The Morgan fingerprint density at radius 2 is 2.00 bits per heavy atom. The van der Waals surface area contributed by atoms with E-state index in [1.165, 1.54) is 38.6 Å². The van der Waals surface area contributed by atoms with Gasteiger partial charge in [0, 0.05) is 19.3 Å². The minimum absolute atomic E-state index is 0.221. The molecule has 1 aliphatic heterocycles. The van der Waals surface area contributed by atoms with Gasteiger partial charge in [-0.2, -0.15) is 0 Å². The van der Waals surface area contributed by atoms with Gasteiger partial charge in [0.15, 0.2) is 0 Å². The Labute approximate surface area is 120 Å². The van der Waals surface area contributed by atoms with Crippen molar-refractivity contribution in [3.05, 3.63) is 29.8 Å². The number of hydrogen-bond donors (Lipinski definition) is 2. The fourth-order valence-corrected chi connectivity index (χ4v) is 2.38. The number of carbonyl (C=O) groups is 1. The zero-order valence-electron chi connectivity index (χ0n) is 12.0. The van der Waals surface area contributed by atoms with Crippen molar-refractivity contribution >= 4 is 11.6 Å². The number of ether oxygens (including phenoxy) is 1. The van der Waals surface area contributed by atoms with Crippen LogP contribution in [-0.4, -0.2) is 43.7 Å². The second kappa shape index (κ2) is 7.38. The Morgan fingerprint density at radius 1 is 1.35 bits per heavy atom. The maximum atomic E-state index is 11.7. The molecule has 0 aromatic heterocycles. The largest absolute Gasteiger partial charge is 0.383 e. The number of nitrogens with two attached hydrogens (primary N) is 1. The van der Waals surface area contributed by atoms with Crippen molar-refractivity contribution in [2.24, 2.45) is 5.73 Å². The van der Waals surface area contributed by atoms with Gasteiger partial charge in [0.25, 0.3) is 0 Å². The van der Waals surface area contributed by atoms with E-state index in [9.17, 15) is 4.79 Å². The van der Waals surface area contributed by atoms with Gasteiger partial charge >= 0.3 is 0 Å². The molecule has 5 heteroatoms. The SMILES string of the molecule is COCC(N)C(=O)Nc1ccc(CN2CCCC2)cc1. The molecule has 1 aliphatic rings. The van der Waals surface area contributed by atoms with Crippen molar-refractivity contribution < 1.29 is 9.53 Å². The van der Waals surface area contributed by atoms with Crippen LogP contribution < -0.4 is 11.1 Å². The Bertz CT molecular complexity index is 427. The summed E-state index contributed by atoms with van der Waals surface area (Å²) < 4.78 is 4.86. The van der Waals surface area contributed by atoms with E-state index in [-0.39, 0.29) is 12.5 Å². The molecule has 1 saturated heterocycles. The number of anilines is 1. The zero-order chi connectivity index (χ0) is 14.4. The van der Waals surface area contributed by atoms with Crippen molar-refractivity contribution in [1.82, 2.24) is 4.90 Å². The third-order valence-electron chi connectivity index (χ3n) is 3.51. The van der Waals surface area contributed by atoms with Crippen LogP contribution in [-0.2, 0) is 16.1 Å². The monoisotopic (exact) mass is 277 g/mol. The highest BCUT2D eigenvalue weighted by Gasteiger charge is 2.14. The number of methoxy groups -OCH3 is 1. The molecule has 1 heterocycles.